The fraction of sp³-hybridized carbons (Fsp3) is 0.500. The van der Waals surface area contributed by atoms with Crippen molar-refractivity contribution >= 4 is 17.9 Å². The molecule has 0 heterocycles. The number of aliphatic imine (C=N–C) groups is 1. The minimum absolute atomic E-state index is 0.261. The summed E-state index contributed by atoms with van der Waals surface area (Å²) < 4.78 is 37.3. The van der Waals surface area contributed by atoms with Crippen molar-refractivity contribution < 1.29 is 18.0 Å². The van der Waals surface area contributed by atoms with E-state index in [1.54, 1.807) is 32.3 Å². The first-order valence-electron chi connectivity index (χ1n) is 7.23. The molecule has 7 heteroatoms. The van der Waals surface area contributed by atoms with Gasteiger partial charge >= 0.3 is 6.18 Å². The van der Waals surface area contributed by atoms with Crippen LogP contribution in [0.15, 0.2) is 17.1 Å². The Labute approximate surface area is 134 Å². The molecule has 0 radical (unpaired) electrons. The van der Waals surface area contributed by atoms with E-state index in [9.17, 15) is 18.0 Å². The lowest BCUT2D eigenvalue weighted by Crippen LogP contribution is -2.36. The number of hydrogen-bond acceptors (Lipinski definition) is 2. The predicted octanol–water partition coefficient (Wildman–Crippen LogP) is 3.55. The molecule has 0 unspecified atom stereocenters. The number of hydrogen-bond donors (Lipinski definition) is 0. The van der Waals surface area contributed by atoms with Gasteiger partial charge in [-0.05, 0) is 44.0 Å². The van der Waals surface area contributed by atoms with E-state index in [-0.39, 0.29) is 5.56 Å². The first-order valence-corrected chi connectivity index (χ1v) is 7.23. The third kappa shape index (κ3) is 5.58. The van der Waals surface area contributed by atoms with Crippen LogP contribution in [0.25, 0.3) is 0 Å². The molecule has 128 valence electrons. The summed E-state index contributed by atoms with van der Waals surface area (Å²) in [6.45, 7) is 4.99. The lowest BCUT2D eigenvalue weighted by molar-refractivity contribution is -0.138. The van der Waals surface area contributed by atoms with Crippen LogP contribution in [0.4, 0.5) is 18.9 Å². The summed E-state index contributed by atoms with van der Waals surface area (Å²) in [7, 11) is 3.03. The van der Waals surface area contributed by atoms with E-state index < -0.39 is 18.6 Å². The van der Waals surface area contributed by atoms with Gasteiger partial charge in [0.05, 0.1) is 12.0 Å². The number of rotatable bonds is 5. The highest BCUT2D eigenvalue weighted by Crippen LogP contribution is 2.25. The Bertz CT molecular complexity index is 597. The summed E-state index contributed by atoms with van der Waals surface area (Å²) in [4.78, 5) is 19.1. The number of carbonyl (C=O) groups excluding carboxylic acids is 1. The minimum atomic E-state index is -4.41. The van der Waals surface area contributed by atoms with Crippen molar-refractivity contribution in [1.29, 1.82) is 0 Å². The molecule has 0 spiro atoms. The normalized spacial score (nSPS) is 11.8. The average molecular weight is 329 g/mol. The fourth-order valence-electron chi connectivity index (χ4n) is 1.96. The molecule has 0 saturated carbocycles. The van der Waals surface area contributed by atoms with E-state index in [2.05, 4.69) is 4.99 Å². The topological polar surface area (TPSA) is 35.9 Å². The van der Waals surface area contributed by atoms with Crippen LogP contribution >= 0.6 is 0 Å². The molecular weight excluding hydrogens is 307 g/mol. The molecule has 1 amide bonds. The molecule has 0 atom stereocenters. The van der Waals surface area contributed by atoms with Crippen LogP contribution in [-0.4, -0.2) is 55.4 Å². The van der Waals surface area contributed by atoms with E-state index in [4.69, 9.17) is 0 Å². The van der Waals surface area contributed by atoms with E-state index in [1.807, 2.05) is 18.9 Å². The zero-order chi connectivity index (χ0) is 17.8. The van der Waals surface area contributed by atoms with Gasteiger partial charge in [-0.15, -0.1) is 0 Å². The molecule has 0 aliphatic heterocycles. The van der Waals surface area contributed by atoms with Gasteiger partial charge < -0.3 is 9.80 Å². The van der Waals surface area contributed by atoms with Crippen molar-refractivity contribution in [3.8, 4) is 0 Å². The average Bonchev–Trinajstić information content (AvgIpc) is 2.44. The van der Waals surface area contributed by atoms with Crippen molar-refractivity contribution in [2.75, 3.05) is 27.2 Å². The van der Waals surface area contributed by atoms with Crippen molar-refractivity contribution in [3.05, 3.63) is 28.8 Å². The first-order chi connectivity index (χ1) is 10.5. The monoisotopic (exact) mass is 329 g/mol. The highest BCUT2D eigenvalue weighted by atomic mass is 19.4. The van der Waals surface area contributed by atoms with Crippen LogP contribution < -0.4 is 0 Å². The Morgan fingerprint density at radius 3 is 2.35 bits per heavy atom. The summed E-state index contributed by atoms with van der Waals surface area (Å²) in [5.41, 5.74) is 2.29. The van der Waals surface area contributed by atoms with Gasteiger partial charge in [0.25, 0.3) is 5.91 Å². The molecule has 0 bridgehead atoms. The van der Waals surface area contributed by atoms with Crippen molar-refractivity contribution in [2.24, 2.45) is 4.99 Å². The van der Waals surface area contributed by atoms with Gasteiger partial charge in [-0.3, -0.25) is 4.79 Å². The second-order valence-electron chi connectivity index (χ2n) is 5.55. The Balaban J connectivity index is 3.05. The molecule has 0 aliphatic carbocycles. The molecule has 1 aromatic carbocycles. The largest absolute Gasteiger partial charge is 0.406 e. The second-order valence-corrected chi connectivity index (χ2v) is 5.55. The van der Waals surface area contributed by atoms with E-state index in [0.717, 1.165) is 19.2 Å². The van der Waals surface area contributed by atoms with E-state index in [0.29, 0.717) is 16.2 Å². The standard InChI is InChI=1S/C16H22F3N3O/c1-6-21(4)10-20-14-8-11(2)13(7-12(14)3)15(23)22(5)9-16(17,18)19/h7-8,10H,6,9H2,1-5H3. The number of amides is 1. The molecule has 1 aromatic rings. The van der Waals surface area contributed by atoms with Crippen molar-refractivity contribution in [2.45, 2.75) is 26.9 Å². The summed E-state index contributed by atoms with van der Waals surface area (Å²) >= 11 is 0. The van der Waals surface area contributed by atoms with Gasteiger partial charge in [-0.25, -0.2) is 4.99 Å². The quantitative estimate of drug-likeness (QED) is 0.612. The molecule has 0 aromatic heterocycles. The molecule has 0 saturated heterocycles. The van der Waals surface area contributed by atoms with Crippen molar-refractivity contribution in [3.63, 3.8) is 0 Å². The van der Waals surface area contributed by atoms with Crippen LogP contribution in [0.2, 0.25) is 0 Å². The maximum Gasteiger partial charge on any atom is 0.406 e. The molecular formula is C16H22F3N3O. The number of nitrogens with zero attached hydrogens (tertiary/aromatic N) is 3. The van der Waals surface area contributed by atoms with Crippen LogP contribution in [-0.2, 0) is 0 Å². The summed E-state index contributed by atoms with van der Waals surface area (Å²) in [5, 5.41) is 0. The third-order valence-electron chi connectivity index (χ3n) is 3.43. The van der Waals surface area contributed by atoms with Crippen LogP contribution in [0.1, 0.15) is 28.4 Å². The summed E-state index contributed by atoms with van der Waals surface area (Å²) in [5.74, 6) is -0.649. The zero-order valence-electron chi connectivity index (χ0n) is 14.0. The molecule has 23 heavy (non-hydrogen) atoms. The SMILES string of the molecule is CCN(C)C=Nc1cc(C)c(C(=O)N(C)CC(F)(F)F)cc1C. The maximum absolute atomic E-state index is 12.4. The molecule has 0 aliphatic rings. The predicted molar refractivity (Wildman–Crippen MR) is 85.4 cm³/mol. The van der Waals surface area contributed by atoms with Gasteiger partial charge in [0.15, 0.2) is 0 Å². The van der Waals surface area contributed by atoms with Gasteiger partial charge in [0.2, 0.25) is 0 Å². The van der Waals surface area contributed by atoms with E-state index >= 15 is 0 Å². The Morgan fingerprint density at radius 2 is 1.83 bits per heavy atom. The van der Waals surface area contributed by atoms with Crippen LogP contribution in [0.3, 0.4) is 0 Å². The van der Waals surface area contributed by atoms with Gasteiger partial charge in [-0.1, -0.05) is 0 Å². The molecule has 0 fully saturated rings. The van der Waals surface area contributed by atoms with Gasteiger partial charge in [0, 0.05) is 26.2 Å². The first kappa shape index (κ1) is 19.0. The number of alkyl halides is 3. The lowest BCUT2D eigenvalue weighted by atomic mass is 10.0. The number of carbonyl (C=O) groups is 1. The Kier molecular flexibility index (Phi) is 6.18. The van der Waals surface area contributed by atoms with Gasteiger partial charge in [-0.2, -0.15) is 13.2 Å². The highest BCUT2D eigenvalue weighted by molar-refractivity contribution is 5.96. The lowest BCUT2D eigenvalue weighted by Gasteiger charge is -2.20. The molecule has 0 N–H and O–H groups in total. The van der Waals surface area contributed by atoms with E-state index in [1.165, 1.54) is 0 Å². The molecule has 4 nitrogen and oxygen atoms in total. The van der Waals surface area contributed by atoms with Crippen molar-refractivity contribution in [1.82, 2.24) is 9.80 Å². The molecule has 1 rings (SSSR count). The van der Waals surface area contributed by atoms with Crippen LogP contribution in [0, 0.1) is 13.8 Å². The Hall–Kier alpha value is -2.05. The van der Waals surface area contributed by atoms with Gasteiger partial charge in [0.1, 0.15) is 6.54 Å². The number of aryl methyl sites for hydroxylation is 2. The van der Waals surface area contributed by atoms with Crippen LogP contribution in [0.5, 0.6) is 0 Å². The smallest absolute Gasteiger partial charge is 0.366 e. The highest BCUT2D eigenvalue weighted by Gasteiger charge is 2.31. The maximum atomic E-state index is 12.4. The second kappa shape index (κ2) is 7.48. The summed E-state index contributed by atoms with van der Waals surface area (Å²) in [6, 6.07) is 3.30. The minimum Gasteiger partial charge on any atom is -0.366 e. The third-order valence-corrected chi connectivity index (χ3v) is 3.43. The Morgan fingerprint density at radius 1 is 1.22 bits per heavy atom. The number of halogens is 3. The zero-order valence-corrected chi connectivity index (χ0v) is 14.0. The summed E-state index contributed by atoms with van der Waals surface area (Å²) in [6.07, 6.45) is -2.73. The fourth-order valence-corrected chi connectivity index (χ4v) is 1.96. The number of benzene rings is 1.